The Morgan fingerprint density at radius 3 is 2.65 bits per heavy atom. The van der Waals surface area contributed by atoms with Crippen LogP contribution in [0.3, 0.4) is 0 Å². The second-order valence-corrected chi connectivity index (χ2v) is 3.95. The first-order valence-electron chi connectivity index (χ1n) is 6.03. The molecule has 1 aliphatic heterocycles. The van der Waals surface area contributed by atoms with Gasteiger partial charge in [0.2, 0.25) is 0 Å². The molecule has 2 rings (SSSR count). The lowest BCUT2D eigenvalue weighted by Crippen LogP contribution is -2.20. The number of benzene rings is 1. The third-order valence-corrected chi connectivity index (χ3v) is 2.75. The van der Waals surface area contributed by atoms with Crippen molar-refractivity contribution in [2.24, 2.45) is 0 Å². The molecule has 0 saturated carbocycles. The first kappa shape index (κ1) is 13.9. The van der Waals surface area contributed by atoms with Gasteiger partial charge in [0.15, 0.2) is 17.2 Å². The number of rotatable bonds is 4. The Bertz CT molecular complexity index is 557. The summed E-state index contributed by atoms with van der Waals surface area (Å²) in [6, 6.07) is 1.14. The number of esters is 1. The van der Waals surface area contributed by atoms with Gasteiger partial charge in [-0.25, -0.2) is 4.79 Å². The van der Waals surface area contributed by atoms with Crippen LogP contribution in [0.15, 0.2) is 6.07 Å². The van der Waals surface area contributed by atoms with Gasteiger partial charge in [-0.3, -0.25) is 10.1 Å². The van der Waals surface area contributed by atoms with Crippen molar-refractivity contribution in [3.05, 3.63) is 21.7 Å². The lowest BCUT2D eigenvalue weighted by molar-refractivity contribution is -0.384. The van der Waals surface area contributed by atoms with Crippen LogP contribution in [-0.2, 0) is 4.74 Å². The standard InChI is InChI=1S/C12H14N2O6/c1-3-13-9-8(14(16)17)6-7(12(15)18-2)10-11(9)20-5-4-19-10/h6,13H,3-5H2,1-2H3. The molecule has 0 aliphatic carbocycles. The highest BCUT2D eigenvalue weighted by Crippen LogP contribution is 2.46. The van der Waals surface area contributed by atoms with Crippen LogP contribution < -0.4 is 14.8 Å². The fourth-order valence-electron chi connectivity index (χ4n) is 1.95. The van der Waals surface area contributed by atoms with Crippen molar-refractivity contribution >= 4 is 17.3 Å². The second-order valence-electron chi connectivity index (χ2n) is 3.95. The Labute approximate surface area is 114 Å². The molecule has 0 saturated heterocycles. The number of hydrogen-bond acceptors (Lipinski definition) is 7. The molecular formula is C12H14N2O6. The van der Waals surface area contributed by atoms with Crippen LogP contribution in [0.25, 0.3) is 0 Å². The van der Waals surface area contributed by atoms with Crippen molar-refractivity contribution in [3.63, 3.8) is 0 Å². The summed E-state index contributed by atoms with van der Waals surface area (Å²) in [5, 5.41) is 14.0. The molecule has 1 aromatic rings. The molecule has 0 fully saturated rings. The zero-order chi connectivity index (χ0) is 14.7. The highest BCUT2D eigenvalue weighted by atomic mass is 16.6. The summed E-state index contributed by atoms with van der Waals surface area (Å²) in [6.45, 7) is 2.79. The number of methoxy groups -OCH3 is 1. The number of nitrogens with zero attached hydrogens (tertiary/aromatic N) is 1. The number of anilines is 1. The molecule has 1 N–H and O–H groups in total. The summed E-state index contributed by atoms with van der Waals surface area (Å²) in [5.41, 5.74) is -0.0630. The minimum Gasteiger partial charge on any atom is -0.485 e. The van der Waals surface area contributed by atoms with Gasteiger partial charge in [-0.2, -0.15) is 0 Å². The molecule has 0 amide bonds. The van der Waals surface area contributed by atoms with Crippen molar-refractivity contribution in [2.45, 2.75) is 6.92 Å². The molecule has 8 nitrogen and oxygen atoms in total. The van der Waals surface area contributed by atoms with Gasteiger partial charge in [0.05, 0.1) is 12.0 Å². The molecule has 108 valence electrons. The summed E-state index contributed by atoms with van der Waals surface area (Å²) in [6.07, 6.45) is 0. The van der Waals surface area contributed by atoms with Crippen molar-refractivity contribution in [1.29, 1.82) is 0 Å². The topological polar surface area (TPSA) is 99.9 Å². The molecule has 8 heteroatoms. The average Bonchev–Trinajstić information content (AvgIpc) is 2.46. The SMILES string of the molecule is CCNc1c([N+](=O)[O-])cc(C(=O)OC)c2c1OCCO2. The number of ether oxygens (including phenoxy) is 3. The third-order valence-electron chi connectivity index (χ3n) is 2.75. The molecular weight excluding hydrogens is 268 g/mol. The molecule has 1 aromatic carbocycles. The molecule has 0 spiro atoms. The Morgan fingerprint density at radius 2 is 2.10 bits per heavy atom. The Morgan fingerprint density at radius 1 is 1.45 bits per heavy atom. The maximum Gasteiger partial charge on any atom is 0.342 e. The zero-order valence-corrected chi connectivity index (χ0v) is 11.1. The van der Waals surface area contributed by atoms with Crippen LogP contribution in [0.4, 0.5) is 11.4 Å². The summed E-state index contributed by atoms with van der Waals surface area (Å²) < 4.78 is 15.5. The number of fused-ring (bicyclic) bond motifs is 1. The molecule has 0 unspecified atom stereocenters. The summed E-state index contributed by atoms with van der Waals surface area (Å²) in [4.78, 5) is 22.3. The number of carbonyl (C=O) groups is 1. The molecule has 0 aromatic heterocycles. The van der Waals surface area contributed by atoms with Gasteiger partial charge >= 0.3 is 5.97 Å². The molecule has 1 heterocycles. The van der Waals surface area contributed by atoms with Gasteiger partial charge in [0, 0.05) is 12.6 Å². The van der Waals surface area contributed by atoms with Gasteiger partial charge in [-0.1, -0.05) is 0 Å². The third kappa shape index (κ3) is 2.31. The van der Waals surface area contributed by atoms with Crippen LogP contribution in [-0.4, -0.2) is 37.8 Å². The zero-order valence-electron chi connectivity index (χ0n) is 11.1. The highest BCUT2D eigenvalue weighted by molar-refractivity contribution is 5.97. The van der Waals surface area contributed by atoms with E-state index in [0.717, 1.165) is 6.07 Å². The molecule has 0 atom stereocenters. The van der Waals surface area contributed by atoms with E-state index < -0.39 is 10.9 Å². The van der Waals surface area contributed by atoms with Gasteiger partial charge in [0.25, 0.3) is 5.69 Å². The van der Waals surface area contributed by atoms with E-state index in [1.807, 2.05) is 0 Å². The Balaban J connectivity index is 2.69. The smallest absolute Gasteiger partial charge is 0.342 e. The van der Waals surface area contributed by atoms with Crippen molar-refractivity contribution < 1.29 is 23.9 Å². The largest absolute Gasteiger partial charge is 0.485 e. The number of nitro benzene ring substituents is 1. The van der Waals surface area contributed by atoms with E-state index in [2.05, 4.69) is 10.1 Å². The van der Waals surface area contributed by atoms with E-state index in [1.54, 1.807) is 6.92 Å². The summed E-state index contributed by atoms with van der Waals surface area (Å²) in [5.74, 6) is -0.366. The van der Waals surface area contributed by atoms with Crippen LogP contribution in [0.2, 0.25) is 0 Å². The van der Waals surface area contributed by atoms with Gasteiger partial charge in [-0.05, 0) is 6.92 Å². The van der Waals surface area contributed by atoms with Crippen LogP contribution in [0.1, 0.15) is 17.3 Å². The van der Waals surface area contributed by atoms with E-state index in [9.17, 15) is 14.9 Å². The predicted octanol–water partition coefficient (Wildman–Crippen LogP) is 1.58. The molecule has 0 radical (unpaired) electrons. The molecule has 20 heavy (non-hydrogen) atoms. The number of carbonyl (C=O) groups excluding carboxylic acids is 1. The molecule has 1 aliphatic rings. The number of nitro groups is 1. The highest BCUT2D eigenvalue weighted by Gasteiger charge is 2.31. The predicted molar refractivity (Wildman–Crippen MR) is 69.6 cm³/mol. The van der Waals surface area contributed by atoms with E-state index in [0.29, 0.717) is 6.54 Å². The van der Waals surface area contributed by atoms with Crippen LogP contribution >= 0.6 is 0 Å². The second kappa shape index (κ2) is 5.64. The summed E-state index contributed by atoms with van der Waals surface area (Å²) >= 11 is 0. The van der Waals surface area contributed by atoms with E-state index in [4.69, 9.17) is 9.47 Å². The first-order valence-corrected chi connectivity index (χ1v) is 6.03. The first-order chi connectivity index (χ1) is 9.60. The number of nitrogens with one attached hydrogen (secondary N) is 1. The van der Waals surface area contributed by atoms with E-state index in [1.165, 1.54) is 7.11 Å². The van der Waals surface area contributed by atoms with Crippen molar-refractivity contribution in [1.82, 2.24) is 0 Å². The van der Waals surface area contributed by atoms with Gasteiger partial charge < -0.3 is 19.5 Å². The quantitative estimate of drug-likeness (QED) is 0.508. The monoisotopic (exact) mass is 282 g/mol. The average molecular weight is 282 g/mol. The van der Waals surface area contributed by atoms with Crippen LogP contribution in [0.5, 0.6) is 11.5 Å². The lowest BCUT2D eigenvalue weighted by atomic mass is 10.1. The fraction of sp³-hybridized carbons (Fsp3) is 0.417. The minimum atomic E-state index is -0.710. The van der Waals surface area contributed by atoms with Gasteiger partial charge in [0.1, 0.15) is 18.8 Å². The van der Waals surface area contributed by atoms with Crippen molar-refractivity contribution in [3.8, 4) is 11.5 Å². The van der Waals surface area contributed by atoms with Gasteiger partial charge in [-0.15, -0.1) is 0 Å². The number of hydrogen-bond donors (Lipinski definition) is 1. The van der Waals surface area contributed by atoms with E-state index in [-0.39, 0.29) is 41.7 Å². The maximum absolute atomic E-state index is 11.7. The van der Waals surface area contributed by atoms with Crippen molar-refractivity contribution in [2.75, 3.05) is 32.2 Å². The Kier molecular flexibility index (Phi) is 3.92. The lowest BCUT2D eigenvalue weighted by Gasteiger charge is -2.23. The van der Waals surface area contributed by atoms with Crippen LogP contribution in [0, 0.1) is 10.1 Å². The maximum atomic E-state index is 11.7. The van der Waals surface area contributed by atoms with E-state index >= 15 is 0 Å². The molecule has 0 bridgehead atoms. The fourth-order valence-corrected chi connectivity index (χ4v) is 1.95. The Hall–Kier alpha value is -2.51. The summed E-state index contributed by atoms with van der Waals surface area (Å²) in [7, 11) is 1.20. The normalized spacial score (nSPS) is 12.7. The minimum absolute atomic E-state index is 0.0180.